The first kappa shape index (κ1) is 12.7. The van der Waals surface area contributed by atoms with Crippen molar-refractivity contribution in [1.82, 2.24) is 4.98 Å². The summed E-state index contributed by atoms with van der Waals surface area (Å²) in [5, 5.41) is 0. The fourth-order valence-corrected chi connectivity index (χ4v) is 1.63. The van der Waals surface area contributed by atoms with E-state index in [2.05, 4.69) is 25.8 Å². The highest BCUT2D eigenvalue weighted by Gasteiger charge is 2.29. The van der Waals surface area contributed by atoms with Gasteiger partial charge in [0.15, 0.2) is 0 Å². The van der Waals surface area contributed by atoms with Gasteiger partial charge in [0.25, 0.3) is 0 Å². The topological polar surface area (TPSA) is 31.4 Å². The average molecular weight is 227 g/mol. The number of hydrogen-bond acceptors (Lipinski definition) is 4. The lowest BCUT2D eigenvalue weighted by Gasteiger charge is -2.27. The van der Waals surface area contributed by atoms with Gasteiger partial charge in [-0.05, 0) is 27.2 Å². The minimum atomic E-state index is -0.280. The Morgan fingerprint density at radius 1 is 1.47 bits per heavy atom. The summed E-state index contributed by atoms with van der Waals surface area (Å²) < 4.78 is 12.5. The molecule has 1 heterocycles. The van der Waals surface area contributed by atoms with Gasteiger partial charge < -0.3 is 9.31 Å². The summed E-state index contributed by atoms with van der Waals surface area (Å²) in [6.07, 6.45) is 2.76. The third kappa shape index (κ3) is 3.93. The van der Waals surface area contributed by atoms with Crippen molar-refractivity contribution in [3.05, 3.63) is 11.7 Å². The fraction of sp³-hybridized carbons (Fsp3) is 0.700. The van der Waals surface area contributed by atoms with Gasteiger partial charge in [-0.2, -0.15) is 0 Å². The maximum absolute atomic E-state index is 5.92. The van der Waals surface area contributed by atoms with Crippen molar-refractivity contribution in [3.8, 4) is 0 Å². The first-order valence-corrected chi connectivity index (χ1v) is 6.15. The first-order chi connectivity index (χ1) is 7.09. The number of thiazole rings is 1. The molecule has 0 unspecified atom stereocenters. The molecular weight excluding hydrogens is 209 g/mol. The first-order valence-electron chi connectivity index (χ1n) is 5.27. The van der Waals surface area contributed by atoms with E-state index in [1.807, 2.05) is 6.92 Å². The van der Waals surface area contributed by atoms with Crippen LogP contribution in [0.15, 0.2) is 11.7 Å². The predicted molar refractivity (Wildman–Crippen MR) is 64.6 cm³/mol. The molecule has 0 bridgehead atoms. The highest BCUT2D eigenvalue weighted by molar-refractivity contribution is 7.20. The van der Waals surface area contributed by atoms with Crippen LogP contribution < -0.4 is 4.78 Å². The summed E-state index contributed by atoms with van der Waals surface area (Å²) in [7, 11) is -0.280. The molecule has 5 heteroatoms. The molecule has 1 rings (SSSR count). The van der Waals surface area contributed by atoms with Crippen LogP contribution >= 0.6 is 11.3 Å². The fourth-order valence-electron chi connectivity index (χ4n) is 1.04. The summed E-state index contributed by atoms with van der Waals surface area (Å²) >= 11 is 1.56. The van der Waals surface area contributed by atoms with Gasteiger partial charge in [-0.1, -0.05) is 6.92 Å². The smallest absolute Gasteiger partial charge is 0.407 e. The normalized spacial score (nSPS) is 11.7. The van der Waals surface area contributed by atoms with Crippen molar-refractivity contribution in [1.29, 1.82) is 0 Å². The molecule has 84 valence electrons. The number of nitrogens with zero attached hydrogens (tertiary/aromatic N) is 1. The summed E-state index contributed by atoms with van der Waals surface area (Å²) in [6, 6.07) is 0. The number of aromatic nitrogens is 1. The molecule has 0 aliphatic heterocycles. The molecule has 0 atom stereocenters. The highest BCUT2D eigenvalue weighted by Crippen LogP contribution is 2.15. The van der Waals surface area contributed by atoms with Crippen LogP contribution in [0.2, 0.25) is 0 Å². The largest absolute Gasteiger partial charge is 0.506 e. The second kappa shape index (κ2) is 5.63. The Morgan fingerprint density at radius 3 is 2.67 bits per heavy atom. The number of rotatable bonds is 6. The molecule has 0 amide bonds. The maximum Gasteiger partial charge on any atom is 0.506 e. The molecule has 0 radical (unpaired) electrons. The molecule has 1 aromatic heterocycles. The van der Waals surface area contributed by atoms with Gasteiger partial charge in [0.1, 0.15) is 0 Å². The van der Waals surface area contributed by atoms with Gasteiger partial charge in [-0.3, -0.25) is 4.98 Å². The predicted octanol–water partition coefficient (Wildman–Crippen LogP) is 2.08. The van der Waals surface area contributed by atoms with E-state index in [0.717, 1.165) is 11.2 Å². The Bertz CT molecular complexity index is 277. The van der Waals surface area contributed by atoms with Crippen LogP contribution in [0.5, 0.6) is 0 Å². The van der Waals surface area contributed by atoms with Gasteiger partial charge in [0.05, 0.1) is 10.3 Å². The zero-order valence-corrected chi connectivity index (χ0v) is 10.6. The van der Waals surface area contributed by atoms with Gasteiger partial charge in [-0.15, -0.1) is 11.3 Å². The average Bonchev–Trinajstić information content (AvgIpc) is 2.70. The van der Waals surface area contributed by atoms with Crippen molar-refractivity contribution in [2.24, 2.45) is 0 Å². The third-order valence-corrected chi connectivity index (χ3v) is 3.08. The summed E-state index contributed by atoms with van der Waals surface area (Å²) in [6.45, 7) is 8.86. The summed E-state index contributed by atoms with van der Waals surface area (Å²) in [5.74, 6) is 0. The quantitative estimate of drug-likeness (QED) is 0.697. The zero-order chi connectivity index (χ0) is 11.3. The van der Waals surface area contributed by atoms with Crippen LogP contribution in [-0.2, 0) is 9.31 Å². The van der Waals surface area contributed by atoms with Crippen LogP contribution in [0.3, 0.4) is 0 Å². The summed E-state index contributed by atoms with van der Waals surface area (Å²) in [5.41, 5.74) is 1.63. The molecular formula is C10H18BNO2S. The van der Waals surface area contributed by atoms with E-state index >= 15 is 0 Å². The molecule has 0 fully saturated rings. The van der Waals surface area contributed by atoms with Crippen molar-refractivity contribution in [2.45, 2.75) is 39.7 Å². The second-order valence-electron chi connectivity index (χ2n) is 3.92. The Morgan fingerprint density at radius 2 is 2.20 bits per heavy atom. The Hall–Kier alpha value is -0.385. The highest BCUT2D eigenvalue weighted by atomic mass is 32.1. The second-order valence-corrected chi connectivity index (χ2v) is 4.84. The maximum atomic E-state index is 5.92. The van der Waals surface area contributed by atoms with Crippen molar-refractivity contribution >= 4 is 23.2 Å². The van der Waals surface area contributed by atoms with Gasteiger partial charge in [0.2, 0.25) is 0 Å². The van der Waals surface area contributed by atoms with E-state index in [0.29, 0.717) is 6.61 Å². The monoisotopic (exact) mass is 227 g/mol. The van der Waals surface area contributed by atoms with Crippen molar-refractivity contribution < 1.29 is 9.31 Å². The molecule has 0 N–H and O–H groups in total. The third-order valence-electron chi connectivity index (χ3n) is 2.28. The van der Waals surface area contributed by atoms with Crippen LogP contribution in [-0.4, -0.2) is 24.3 Å². The van der Waals surface area contributed by atoms with E-state index in [-0.39, 0.29) is 12.7 Å². The lowest BCUT2D eigenvalue weighted by Crippen LogP contribution is -2.42. The molecule has 0 aliphatic carbocycles. The van der Waals surface area contributed by atoms with Crippen molar-refractivity contribution in [2.75, 3.05) is 6.61 Å². The Labute approximate surface area is 96.0 Å². The Balaban J connectivity index is 2.67. The van der Waals surface area contributed by atoms with Crippen LogP contribution in [0.25, 0.3) is 0 Å². The minimum absolute atomic E-state index is 0.163. The van der Waals surface area contributed by atoms with Gasteiger partial charge in [0, 0.05) is 18.4 Å². The lowest BCUT2D eigenvalue weighted by atomic mass is 9.86. The van der Waals surface area contributed by atoms with Crippen molar-refractivity contribution in [3.63, 3.8) is 0 Å². The van der Waals surface area contributed by atoms with Crippen LogP contribution in [0.1, 0.15) is 34.1 Å². The van der Waals surface area contributed by atoms with E-state index in [9.17, 15) is 0 Å². The van der Waals surface area contributed by atoms with Gasteiger partial charge in [-0.25, -0.2) is 0 Å². The molecule has 1 aromatic rings. The molecule has 0 saturated carbocycles. The van der Waals surface area contributed by atoms with Crippen LogP contribution in [0.4, 0.5) is 0 Å². The standard InChI is InChI=1S/C10H18BNO2S/c1-5-10(3,4)14-11(13-6-2)9-7-12-8-15-9/h7-8H,5-6H2,1-4H3. The molecule has 0 aliphatic rings. The van der Waals surface area contributed by atoms with Gasteiger partial charge >= 0.3 is 7.12 Å². The molecule has 0 saturated heterocycles. The van der Waals surface area contributed by atoms with E-state index < -0.39 is 0 Å². The van der Waals surface area contributed by atoms with E-state index in [4.69, 9.17) is 9.31 Å². The molecule has 0 aromatic carbocycles. The zero-order valence-electron chi connectivity index (χ0n) is 9.82. The SMILES string of the molecule is CCOB(OC(C)(C)CC)c1cncs1. The van der Waals surface area contributed by atoms with E-state index in [1.165, 1.54) is 0 Å². The number of hydrogen-bond donors (Lipinski definition) is 0. The molecule has 0 spiro atoms. The molecule has 3 nitrogen and oxygen atoms in total. The molecule has 15 heavy (non-hydrogen) atoms. The lowest BCUT2D eigenvalue weighted by molar-refractivity contribution is 0.0709. The minimum Gasteiger partial charge on any atom is -0.407 e. The summed E-state index contributed by atoms with van der Waals surface area (Å²) in [4.78, 5) is 4.04. The Kier molecular flexibility index (Phi) is 4.76. The van der Waals surface area contributed by atoms with Crippen LogP contribution in [0, 0.1) is 0 Å². The van der Waals surface area contributed by atoms with E-state index in [1.54, 1.807) is 23.0 Å².